The summed E-state index contributed by atoms with van der Waals surface area (Å²) >= 11 is 0. The average Bonchev–Trinajstić information content (AvgIpc) is 2.91. The van der Waals surface area contributed by atoms with Crippen LogP contribution in [0, 0.1) is 6.92 Å². The molecule has 1 aromatic heterocycles. The van der Waals surface area contributed by atoms with E-state index in [2.05, 4.69) is 10.3 Å². The van der Waals surface area contributed by atoms with Crippen molar-refractivity contribution in [3.8, 4) is 11.1 Å². The Kier molecular flexibility index (Phi) is 6.49. The number of nitrogens with zero attached hydrogens (tertiary/aromatic N) is 1. The summed E-state index contributed by atoms with van der Waals surface area (Å²) in [6.07, 6.45) is -3.31. The summed E-state index contributed by atoms with van der Waals surface area (Å²) < 4.78 is 41.5. The van der Waals surface area contributed by atoms with E-state index < -0.39 is 11.7 Å². The second-order valence-electron chi connectivity index (χ2n) is 8.81. The molecule has 0 spiro atoms. The minimum atomic E-state index is -4.58. The molecule has 0 fully saturated rings. The van der Waals surface area contributed by atoms with E-state index in [9.17, 15) is 18.0 Å². The van der Waals surface area contributed by atoms with E-state index >= 15 is 0 Å². The summed E-state index contributed by atoms with van der Waals surface area (Å²) in [6, 6.07) is 28.1. The van der Waals surface area contributed by atoms with E-state index in [0.29, 0.717) is 23.2 Å². The number of carbonyl (C=O) groups is 1. The van der Waals surface area contributed by atoms with Crippen molar-refractivity contribution in [3.63, 3.8) is 0 Å². The fraction of sp³-hybridized carbons (Fsp3) is 0.0968. The molecule has 0 atom stereocenters. The van der Waals surface area contributed by atoms with Crippen molar-refractivity contribution in [2.45, 2.75) is 19.6 Å². The second-order valence-corrected chi connectivity index (χ2v) is 8.81. The van der Waals surface area contributed by atoms with Crippen LogP contribution >= 0.6 is 0 Å². The van der Waals surface area contributed by atoms with Gasteiger partial charge in [0.15, 0.2) is 5.78 Å². The van der Waals surface area contributed by atoms with Gasteiger partial charge in [-0.1, -0.05) is 78.9 Å². The minimum absolute atomic E-state index is 0.182. The van der Waals surface area contributed by atoms with Crippen molar-refractivity contribution in [2.75, 3.05) is 5.32 Å². The molecule has 5 rings (SSSR count). The zero-order chi connectivity index (χ0) is 26.0. The van der Waals surface area contributed by atoms with Gasteiger partial charge in [0.05, 0.1) is 11.1 Å². The second kappa shape index (κ2) is 9.90. The van der Waals surface area contributed by atoms with Crippen LogP contribution in [0.3, 0.4) is 0 Å². The number of aryl methyl sites for hydroxylation is 1. The molecule has 5 aromatic rings. The quantitative estimate of drug-likeness (QED) is 0.242. The van der Waals surface area contributed by atoms with E-state index in [1.807, 2.05) is 55.5 Å². The maximum Gasteiger partial charge on any atom is 0.418 e. The van der Waals surface area contributed by atoms with Gasteiger partial charge in [0.25, 0.3) is 0 Å². The molecule has 0 bridgehead atoms. The molecule has 6 heteroatoms. The van der Waals surface area contributed by atoms with Gasteiger partial charge in [-0.3, -0.25) is 9.78 Å². The molecule has 0 aliphatic carbocycles. The highest BCUT2D eigenvalue weighted by Crippen LogP contribution is 2.39. The van der Waals surface area contributed by atoms with Crippen molar-refractivity contribution in [1.29, 1.82) is 0 Å². The number of hydrogen-bond donors (Lipinski definition) is 1. The highest BCUT2D eigenvalue weighted by molar-refractivity contribution is 6.16. The minimum Gasteiger partial charge on any atom is -0.381 e. The number of carbonyl (C=O) groups excluding carboxylic acids is 1. The van der Waals surface area contributed by atoms with Gasteiger partial charge in [-0.25, -0.2) is 0 Å². The van der Waals surface area contributed by atoms with Gasteiger partial charge in [0.1, 0.15) is 0 Å². The molecule has 0 unspecified atom stereocenters. The van der Waals surface area contributed by atoms with Crippen molar-refractivity contribution >= 4 is 22.4 Å². The highest BCUT2D eigenvalue weighted by Gasteiger charge is 2.34. The molecule has 0 saturated heterocycles. The fourth-order valence-electron chi connectivity index (χ4n) is 4.49. The van der Waals surface area contributed by atoms with Gasteiger partial charge in [-0.05, 0) is 41.8 Å². The number of fused-ring (bicyclic) bond motifs is 1. The van der Waals surface area contributed by atoms with Crippen LogP contribution in [0.15, 0.2) is 103 Å². The predicted octanol–water partition coefficient (Wildman–Crippen LogP) is 8.07. The zero-order valence-electron chi connectivity index (χ0n) is 20.0. The predicted molar refractivity (Wildman–Crippen MR) is 141 cm³/mol. The van der Waals surface area contributed by atoms with Crippen LogP contribution in [-0.4, -0.2) is 10.8 Å². The lowest BCUT2D eigenvalue weighted by Gasteiger charge is -2.17. The first-order valence-corrected chi connectivity index (χ1v) is 11.8. The summed E-state index contributed by atoms with van der Waals surface area (Å²) in [5.41, 5.74) is 3.79. The number of aromatic nitrogens is 1. The van der Waals surface area contributed by atoms with Crippen molar-refractivity contribution < 1.29 is 18.0 Å². The standard InChI is InChI=1S/C31H23F3N2O/c1-20-9-5-6-16-27(20)35-18-21-10-7-13-23(17-21)28-24-14-8-15-26(31(32,33)34)29(24)36-19-25(28)30(37)22-11-3-2-4-12-22/h2-17,19,35H,18H2,1H3. The lowest BCUT2D eigenvalue weighted by atomic mass is 9.90. The van der Waals surface area contributed by atoms with E-state index in [4.69, 9.17) is 0 Å². The molecule has 0 saturated carbocycles. The highest BCUT2D eigenvalue weighted by atomic mass is 19.4. The first-order chi connectivity index (χ1) is 17.8. The Hall–Kier alpha value is -4.45. The molecule has 0 aliphatic heterocycles. The average molecular weight is 497 g/mol. The van der Waals surface area contributed by atoms with Crippen molar-refractivity contribution in [1.82, 2.24) is 4.98 Å². The van der Waals surface area contributed by atoms with E-state index in [1.54, 1.807) is 36.4 Å². The largest absolute Gasteiger partial charge is 0.418 e. The Morgan fingerprint density at radius 2 is 1.59 bits per heavy atom. The van der Waals surface area contributed by atoms with Crippen LogP contribution in [0.1, 0.15) is 32.6 Å². The lowest BCUT2D eigenvalue weighted by molar-refractivity contribution is -0.136. The fourth-order valence-corrected chi connectivity index (χ4v) is 4.49. The molecular weight excluding hydrogens is 473 g/mol. The molecule has 184 valence electrons. The molecule has 3 nitrogen and oxygen atoms in total. The van der Waals surface area contributed by atoms with Crippen LogP contribution in [0.5, 0.6) is 0 Å². The van der Waals surface area contributed by atoms with Crippen LogP contribution in [0.4, 0.5) is 18.9 Å². The number of halogens is 3. The molecular formula is C31H23F3N2O. The monoisotopic (exact) mass is 496 g/mol. The van der Waals surface area contributed by atoms with Gasteiger partial charge >= 0.3 is 6.18 Å². The zero-order valence-corrected chi connectivity index (χ0v) is 20.0. The molecule has 4 aromatic carbocycles. The van der Waals surface area contributed by atoms with Gasteiger partial charge in [-0.2, -0.15) is 13.2 Å². The van der Waals surface area contributed by atoms with Crippen LogP contribution < -0.4 is 5.32 Å². The summed E-state index contributed by atoms with van der Waals surface area (Å²) in [4.78, 5) is 17.7. The number of ketones is 1. The first-order valence-electron chi connectivity index (χ1n) is 11.8. The van der Waals surface area contributed by atoms with Gasteiger partial charge < -0.3 is 5.32 Å². The summed E-state index contributed by atoms with van der Waals surface area (Å²) in [6.45, 7) is 2.53. The number of anilines is 1. The molecule has 0 radical (unpaired) electrons. The number of para-hydroxylation sites is 2. The van der Waals surface area contributed by atoms with E-state index in [1.165, 1.54) is 12.3 Å². The summed E-state index contributed by atoms with van der Waals surface area (Å²) in [7, 11) is 0. The molecule has 37 heavy (non-hydrogen) atoms. The number of hydrogen-bond acceptors (Lipinski definition) is 3. The maximum absolute atomic E-state index is 13.8. The van der Waals surface area contributed by atoms with Gasteiger partial charge in [0, 0.05) is 40.5 Å². The third-order valence-corrected chi connectivity index (χ3v) is 6.33. The first kappa shape index (κ1) is 24.3. The number of rotatable bonds is 6. The van der Waals surface area contributed by atoms with Gasteiger partial charge in [0.2, 0.25) is 0 Å². The number of pyridine rings is 1. The smallest absolute Gasteiger partial charge is 0.381 e. The summed E-state index contributed by atoms with van der Waals surface area (Å²) in [5, 5.41) is 3.69. The molecule has 0 amide bonds. The Labute approximate surface area is 212 Å². The SMILES string of the molecule is Cc1ccccc1NCc1cccc(-c2c(C(=O)c3ccccc3)cnc3c(C(F)(F)F)cccc23)c1. The number of alkyl halides is 3. The van der Waals surface area contributed by atoms with Crippen LogP contribution in [-0.2, 0) is 12.7 Å². The summed E-state index contributed by atoms with van der Waals surface area (Å²) in [5.74, 6) is -0.300. The maximum atomic E-state index is 13.8. The Balaban J connectivity index is 1.66. The Bertz CT molecular complexity index is 1590. The number of nitrogens with one attached hydrogen (secondary N) is 1. The van der Waals surface area contributed by atoms with E-state index in [0.717, 1.165) is 22.9 Å². The molecule has 1 N–H and O–H groups in total. The van der Waals surface area contributed by atoms with Crippen LogP contribution in [0.25, 0.3) is 22.0 Å². The Morgan fingerprint density at radius 1 is 0.865 bits per heavy atom. The third-order valence-electron chi connectivity index (χ3n) is 6.33. The van der Waals surface area contributed by atoms with E-state index in [-0.39, 0.29) is 22.2 Å². The van der Waals surface area contributed by atoms with Gasteiger partial charge in [-0.15, -0.1) is 0 Å². The van der Waals surface area contributed by atoms with Crippen molar-refractivity contribution in [3.05, 3.63) is 131 Å². The topological polar surface area (TPSA) is 42.0 Å². The Morgan fingerprint density at radius 3 is 2.35 bits per heavy atom. The number of benzene rings is 4. The lowest BCUT2D eigenvalue weighted by Crippen LogP contribution is -2.09. The third kappa shape index (κ3) is 4.96. The normalized spacial score (nSPS) is 11.5. The van der Waals surface area contributed by atoms with Crippen molar-refractivity contribution in [2.24, 2.45) is 0 Å². The van der Waals surface area contributed by atoms with Crippen LogP contribution in [0.2, 0.25) is 0 Å². The molecule has 0 aliphatic rings. The molecule has 1 heterocycles.